The molecule has 0 bridgehead atoms. The summed E-state index contributed by atoms with van der Waals surface area (Å²) in [4.78, 5) is 29.1. The van der Waals surface area contributed by atoms with E-state index in [1.807, 2.05) is 32.9 Å². The number of ether oxygens (including phenoxy) is 1. The Balaban J connectivity index is 1.82. The number of urea groups is 1. The maximum Gasteiger partial charge on any atom is 0.417 e. The summed E-state index contributed by atoms with van der Waals surface area (Å²) in [6, 6.07) is 15.1. The number of rotatable bonds is 4. The van der Waals surface area contributed by atoms with E-state index in [-0.39, 0.29) is 34.0 Å². The lowest BCUT2D eigenvalue weighted by Gasteiger charge is -2.50. The van der Waals surface area contributed by atoms with E-state index in [4.69, 9.17) is 16.3 Å². The van der Waals surface area contributed by atoms with Crippen LogP contribution in [0, 0.1) is 20.8 Å². The van der Waals surface area contributed by atoms with E-state index >= 15 is 13.2 Å². The van der Waals surface area contributed by atoms with Gasteiger partial charge in [0.15, 0.2) is 5.54 Å². The number of aryl methyl sites for hydroxylation is 3. The third kappa shape index (κ3) is 4.00. The van der Waals surface area contributed by atoms with E-state index in [1.165, 1.54) is 35.2 Å². The standard InChI is InChI=1S/C30H26ClF3N2O3/c1-17-12-18(2)22(19(3)13-17)15-35-25-11-10-21(31)14-24(25)29(30(32,33)34)26(20-8-6-5-7-9-20)23(27(37)39-4)16-36(29)28(35)38/h5-14,16,26H,15H2,1-4H3/t26-,29-/m1/s1. The zero-order valence-corrected chi connectivity index (χ0v) is 22.5. The molecule has 2 atom stereocenters. The third-order valence-corrected chi connectivity index (χ3v) is 7.85. The summed E-state index contributed by atoms with van der Waals surface area (Å²) in [7, 11) is 1.10. The minimum atomic E-state index is -5.00. The lowest BCUT2D eigenvalue weighted by molar-refractivity contribution is -0.223. The van der Waals surface area contributed by atoms with Crippen molar-refractivity contribution in [3.63, 3.8) is 0 Å². The van der Waals surface area contributed by atoms with Crippen molar-refractivity contribution >= 4 is 29.3 Å². The molecule has 2 amide bonds. The molecule has 5 rings (SSSR count). The Bertz CT molecular complexity index is 1500. The highest BCUT2D eigenvalue weighted by Gasteiger charge is 2.72. The van der Waals surface area contributed by atoms with Gasteiger partial charge in [-0.05, 0) is 61.2 Å². The zero-order valence-electron chi connectivity index (χ0n) is 21.8. The van der Waals surface area contributed by atoms with Crippen LogP contribution in [-0.2, 0) is 21.6 Å². The number of carbonyl (C=O) groups excluding carboxylic acids is 2. The van der Waals surface area contributed by atoms with Gasteiger partial charge in [0.2, 0.25) is 0 Å². The molecule has 9 heteroatoms. The van der Waals surface area contributed by atoms with Gasteiger partial charge >= 0.3 is 18.2 Å². The number of amides is 2. The minimum Gasteiger partial charge on any atom is -0.466 e. The molecule has 202 valence electrons. The Morgan fingerprint density at radius 2 is 1.67 bits per heavy atom. The lowest BCUT2D eigenvalue weighted by Crippen LogP contribution is -2.63. The van der Waals surface area contributed by atoms with Gasteiger partial charge in [-0.2, -0.15) is 13.2 Å². The molecule has 0 saturated carbocycles. The van der Waals surface area contributed by atoms with E-state index in [1.54, 1.807) is 18.2 Å². The van der Waals surface area contributed by atoms with Crippen molar-refractivity contribution < 1.29 is 27.5 Å². The van der Waals surface area contributed by atoms with Crippen LogP contribution in [0.4, 0.5) is 23.7 Å². The van der Waals surface area contributed by atoms with Crippen molar-refractivity contribution in [3.8, 4) is 0 Å². The van der Waals surface area contributed by atoms with E-state index < -0.39 is 29.6 Å². The molecule has 5 nitrogen and oxygen atoms in total. The Morgan fingerprint density at radius 3 is 2.26 bits per heavy atom. The molecule has 0 saturated heterocycles. The SMILES string of the molecule is COC(=O)C1=CN2C(=O)N(Cc3c(C)cc(C)cc3C)c3ccc(Cl)cc3[C@]2(C(F)(F)F)[C@@H]1c1ccccc1. The van der Waals surface area contributed by atoms with Crippen LogP contribution in [0.2, 0.25) is 5.02 Å². The number of benzene rings is 3. The van der Waals surface area contributed by atoms with Gasteiger partial charge in [0.1, 0.15) is 0 Å². The average molecular weight is 555 g/mol. The Kier molecular flexibility index (Phi) is 6.50. The molecular formula is C30H26ClF3N2O3. The predicted molar refractivity (Wildman–Crippen MR) is 143 cm³/mol. The van der Waals surface area contributed by atoms with Gasteiger partial charge in [0, 0.05) is 16.8 Å². The van der Waals surface area contributed by atoms with Crippen LogP contribution in [0.15, 0.2) is 72.4 Å². The van der Waals surface area contributed by atoms with Gasteiger partial charge in [-0.25, -0.2) is 9.59 Å². The molecule has 0 aliphatic carbocycles. The molecular weight excluding hydrogens is 529 g/mol. The number of hydrogen-bond acceptors (Lipinski definition) is 3. The first-order chi connectivity index (χ1) is 18.4. The smallest absolute Gasteiger partial charge is 0.417 e. The number of fused-ring (bicyclic) bond motifs is 3. The first-order valence-corrected chi connectivity index (χ1v) is 12.7. The number of hydrogen-bond donors (Lipinski definition) is 0. The molecule has 0 spiro atoms. The summed E-state index contributed by atoms with van der Waals surface area (Å²) in [5, 5.41) is 0.0765. The fourth-order valence-corrected chi connectivity index (χ4v) is 6.20. The molecule has 2 aliphatic rings. The van der Waals surface area contributed by atoms with Gasteiger partial charge in [-0.15, -0.1) is 0 Å². The fraction of sp³-hybridized carbons (Fsp3) is 0.267. The second kappa shape index (κ2) is 9.45. The summed E-state index contributed by atoms with van der Waals surface area (Å²) in [6.07, 6.45) is -4.01. The van der Waals surface area contributed by atoms with E-state index in [2.05, 4.69) is 0 Å². The molecule has 3 aromatic rings. The summed E-state index contributed by atoms with van der Waals surface area (Å²) in [5.74, 6) is -2.53. The molecule has 0 unspecified atom stereocenters. The summed E-state index contributed by atoms with van der Waals surface area (Å²) in [6.45, 7) is 5.80. The normalized spacial score (nSPS) is 20.5. The summed E-state index contributed by atoms with van der Waals surface area (Å²) < 4.78 is 51.8. The van der Waals surface area contributed by atoms with Gasteiger partial charge < -0.3 is 4.74 Å². The molecule has 0 aromatic heterocycles. The van der Waals surface area contributed by atoms with E-state index in [0.717, 1.165) is 35.6 Å². The number of halogens is 4. The van der Waals surface area contributed by atoms with Gasteiger partial charge in [-0.1, -0.05) is 59.6 Å². The minimum absolute atomic E-state index is 0.0350. The maximum absolute atomic E-state index is 15.6. The zero-order chi connectivity index (χ0) is 28.3. The first-order valence-electron chi connectivity index (χ1n) is 12.3. The monoisotopic (exact) mass is 554 g/mol. The Morgan fingerprint density at radius 1 is 1.03 bits per heavy atom. The summed E-state index contributed by atoms with van der Waals surface area (Å²) >= 11 is 6.31. The predicted octanol–water partition coefficient (Wildman–Crippen LogP) is 7.32. The van der Waals surface area contributed by atoms with E-state index in [0.29, 0.717) is 4.90 Å². The van der Waals surface area contributed by atoms with Crippen molar-refractivity contribution in [1.82, 2.24) is 4.90 Å². The molecule has 39 heavy (non-hydrogen) atoms. The highest BCUT2D eigenvalue weighted by Crippen LogP contribution is 2.63. The topological polar surface area (TPSA) is 49.9 Å². The molecule has 3 aromatic carbocycles. The Labute approximate surface area is 229 Å². The second-order valence-electron chi connectivity index (χ2n) is 9.96. The number of methoxy groups -OCH3 is 1. The molecule has 0 N–H and O–H groups in total. The van der Waals surface area contributed by atoms with Gasteiger partial charge in [0.05, 0.1) is 30.8 Å². The van der Waals surface area contributed by atoms with Crippen molar-refractivity contribution in [2.24, 2.45) is 0 Å². The van der Waals surface area contributed by atoms with E-state index in [9.17, 15) is 9.59 Å². The van der Waals surface area contributed by atoms with Crippen LogP contribution in [0.1, 0.15) is 39.3 Å². The second-order valence-corrected chi connectivity index (χ2v) is 10.4. The van der Waals surface area contributed by atoms with Crippen molar-refractivity contribution in [1.29, 1.82) is 0 Å². The van der Waals surface area contributed by atoms with Crippen LogP contribution in [-0.4, -0.2) is 30.2 Å². The highest BCUT2D eigenvalue weighted by molar-refractivity contribution is 6.30. The number of alkyl halides is 3. The highest BCUT2D eigenvalue weighted by atomic mass is 35.5. The van der Waals surface area contributed by atoms with Crippen LogP contribution < -0.4 is 4.90 Å². The van der Waals surface area contributed by atoms with Crippen LogP contribution in [0.25, 0.3) is 0 Å². The fourth-order valence-electron chi connectivity index (χ4n) is 6.03. The van der Waals surface area contributed by atoms with Crippen LogP contribution >= 0.6 is 11.6 Å². The quantitative estimate of drug-likeness (QED) is 0.318. The summed E-state index contributed by atoms with van der Waals surface area (Å²) in [5.41, 5.74) is 0.574. The number of carbonyl (C=O) groups is 2. The largest absolute Gasteiger partial charge is 0.466 e. The lowest BCUT2D eigenvalue weighted by atomic mass is 9.70. The molecule has 0 radical (unpaired) electrons. The maximum atomic E-state index is 15.6. The first kappa shape index (κ1) is 26.8. The van der Waals surface area contributed by atoms with Gasteiger partial charge in [0.25, 0.3) is 0 Å². The third-order valence-electron chi connectivity index (χ3n) is 7.62. The molecule has 2 aliphatic heterocycles. The Hall–Kier alpha value is -3.78. The average Bonchev–Trinajstić information content (AvgIpc) is 3.26. The van der Waals surface area contributed by atoms with Gasteiger partial charge in [-0.3, -0.25) is 9.80 Å². The number of nitrogens with zero attached hydrogens (tertiary/aromatic N) is 2. The molecule has 0 fully saturated rings. The van der Waals surface area contributed by atoms with Crippen molar-refractivity contribution in [2.75, 3.05) is 12.0 Å². The number of anilines is 1. The van der Waals surface area contributed by atoms with Crippen LogP contribution in [0.3, 0.4) is 0 Å². The number of esters is 1. The van der Waals surface area contributed by atoms with Crippen LogP contribution in [0.5, 0.6) is 0 Å². The molecule has 2 heterocycles. The van der Waals surface area contributed by atoms with Crippen molar-refractivity contribution in [2.45, 2.75) is 44.9 Å². The van der Waals surface area contributed by atoms with Crippen molar-refractivity contribution in [3.05, 3.63) is 111 Å².